The van der Waals surface area contributed by atoms with Gasteiger partial charge >= 0.3 is 0 Å². The summed E-state index contributed by atoms with van der Waals surface area (Å²) in [6.07, 6.45) is 3.37. The van der Waals surface area contributed by atoms with Crippen LogP contribution in [0.2, 0.25) is 0 Å². The van der Waals surface area contributed by atoms with Crippen LogP contribution in [0.25, 0.3) is 11.1 Å². The minimum Gasteiger partial charge on any atom is -0.491 e. The number of carbonyl (C=O) groups excluding carboxylic acids is 1. The fraction of sp³-hybridized carbons (Fsp3) is 0.273. The van der Waals surface area contributed by atoms with Crippen molar-refractivity contribution in [3.05, 3.63) is 71.8 Å². The molecule has 28 heavy (non-hydrogen) atoms. The lowest BCUT2D eigenvalue weighted by atomic mass is 10.0. The van der Waals surface area contributed by atoms with Gasteiger partial charge in [0.25, 0.3) is 5.91 Å². The maximum Gasteiger partial charge on any atom is 0.257 e. The van der Waals surface area contributed by atoms with E-state index in [9.17, 15) is 9.18 Å². The average Bonchev–Trinajstić information content (AvgIpc) is 3.13. The van der Waals surface area contributed by atoms with Crippen molar-refractivity contribution >= 4 is 5.91 Å². The third kappa shape index (κ3) is 3.50. The molecule has 2 aromatic carbocycles. The quantitative estimate of drug-likeness (QED) is 0.687. The maximum absolute atomic E-state index is 13.6. The molecule has 1 aliphatic heterocycles. The molecule has 0 saturated carbocycles. The first-order valence-electron chi connectivity index (χ1n) is 9.40. The van der Waals surface area contributed by atoms with E-state index >= 15 is 0 Å². The number of nitrogens with zero attached hydrogens (tertiary/aromatic N) is 3. The lowest BCUT2D eigenvalue weighted by Gasteiger charge is -2.25. The van der Waals surface area contributed by atoms with E-state index < -0.39 is 0 Å². The molecular formula is C22H22FN3O2. The minimum atomic E-state index is -0.276. The summed E-state index contributed by atoms with van der Waals surface area (Å²) in [7, 11) is 0. The summed E-state index contributed by atoms with van der Waals surface area (Å²) < 4.78 is 21.3. The molecule has 0 bridgehead atoms. The molecule has 1 amide bonds. The Bertz CT molecular complexity index is 1010. The molecule has 0 spiro atoms. The number of fused-ring (bicyclic) bond motifs is 1. The number of halogens is 1. The van der Waals surface area contributed by atoms with E-state index in [4.69, 9.17) is 4.74 Å². The normalized spacial score (nSPS) is 16.2. The molecule has 144 valence electrons. The molecule has 0 aliphatic carbocycles. The van der Waals surface area contributed by atoms with Crippen LogP contribution >= 0.6 is 0 Å². The fourth-order valence-corrected chi connectivity index (χ4v) is 3.42. The van der Waals surface area contributed by atoms with Crippen LogP contribution in [0.3, 0.4) is 0 Å². The number of aromatic nitrogens is 2. The van der Waals surface area contributed by atoms with Crippen LogP contribution < -0.4 is 4.74 Å². The number of benzene rings is 2. The Morgan fingerprint density at radius 1 is 1.25 bits per heavy atom. The molecule has 0 fully saturated rings. The summed E-state index contributed by atoms with van der Waals surface area (Å²) in [5.74, 6) is 0.411. The average molecular weight is 379 g/mol. The van der Waals surface area contributed by atoms with Gasteiger partial charge in [0.15, 0.2) is 0 Å². The van der Waals surface area contributed by atoms with Gasteiger partial charge in [0, 0.05) is 18.3 Å². The lowest BCUT2D eigenvalue weighted by Crippen LogP contribution is -2.39. The van der Waals surface area contributed by atoms with Crippen molar-refractivity contribution in [2.24, 2.45) is 0 Å². The molecular weight excluding hydrogens is 357 g/mol. The number of rotatable bonds is 3. The maximum atomic E-state index is 13.6. The second-order valence-electron chi connectivity index (χ2n) is 7.01. The molecule has 4 rings (SSSR count). The first kappa shape index (κ1) is 18.2. The first-order valence-corrected chi connectivity index (χ1v) is 9.40. The zero-order valence-corrected chi connectivity index (χ0v) is 15.9. The molecule has 0 N–H and O–H groups in total. The third-order valence-electron chi connectivity index (χ3n) is 5.04. The van der Waals surface area contributed by atoms with Crippen molar-refractivity contribution in [1.29, 1.82) is 0 Å². The van der Waals surface area contributed by atoms with E-state index in [-0.39, 0.29) is 17.8 Å². The largest absolute Gasteiger partial charge is 0.491 e. The van der Waals surface area contributed by atoms with Gasteiger partial charge in [-0.05, 0) is 49.2 Å². The number of aryl methyl sites for hydroxylation is 1. The van der Waals surface area contributed by atoms with Gasteiger partial charge in [-0.1, -0.05) is 18.2 Å². The Balaban J connectivity index is 1.66. The minimum absolute atomic E-state index is 0.0696. The molecule has 3 aromatic rings. The van der Waals surface area contributed by atoms with Gasteiger partial charge in [-0.3, -0.25) is 9.48 Å². The van der Waals surface area contributed by atoms with Crippen molar-refractivity contribution in [2.45, 2.75) is 33.0 Å². The Morgan fingerprint density at radius 2 is 2.07 bits per heavy atom. The summed E-state index contributed by atoms with van der Waals surface area (Å²) >= 11 is 0. The van der Waals surface area contributed by atoms with Gasteiger partial charge in [0.05, 0.1) is 24.3 Å². The van der Waals surface area contributed by atoms with Crippen molar-refractivity contribution in [1.82, 2.24) is 14.7 Å². The van der Waals surface area contributed by atoms with E-state index in [0.717, 1.165) is 22.4 Å². The smallest absolute Gasteiger partial charge is 0.257 e. The van der Waals surface area contributed by atoms with Crippen LogP contribution in [-0.2, 0) is 13.1 Å². The molecule has 2 heterocycles. The number of amides is 1. The van der Waals surface area contributed by atoms with Gasteiger partial charge in [-0.2, -0.15) is 5.10 Å². The van der Waals surface area contributed by atoms with Gasteiger partial charge in [0.2, 0.25) is 0 Å². The van der Waals surface area contributed by atoms with E-state index in [1.165, 1.54) is 12.1 Å². The second kappa shape index (κ2) is 7.46. The van der Waals surface area contributed by atoms with Crippen LogP contribution in [0.5, 0.6) is 5.75 Å². The highest BCUT2D eigenvalue weighted by Crippen LogP contribution is 2.31. The zero-order chi connectivity index (χ0) is 19.7. The van der Waals surface area contributed by atoms with Gasteiger partial charge in [0.1, 0.15) is 18.2 Å². The van der Waals surface area contributed by atoms with Crippen molar-refractivity contribution in [3.63, 3.8) is 0 Å². The number of hydrogen-bond acceptors (Lipinski definition) is 3. The topological polar surface area (TPSA) is 47.4 Å². The molecule has 0 unspecified atom stereocenters. The third-order valence-corrected chi connectivity index (χ3v) is 5.04. The van der Waals surface area contributed by atoms with E-state index in [1.807, 2.05) is 38.1 Å². The van der Waals surface area contributed by atoms with Crippen molar-refractivity contribution in [3.8, 4) is 16.9 Å². The van der Waals surface area contributed by atoms with Crippen molar-refractivity contribution < 1.29 is 13.9 Å². The monoisotopic (exact) mass is 379 g/mol. The molecule has 1 aliphatic rings. The summed E-state index contributed by atoms with van der Waals surface area (Å²) in [5.41, 5.74) is 3.16. The SMILES string of the molecule is CCn1cc(C(=O)N2Cc3cc(-c4cccc(F)c4)ccc3OC[C@@H]2C)cn1. The Kier molecular flexibility index (Phi) is 4.86. The van der Waals surface area contributed by atoms with Crippen molar-refractivity contribution in [2.75, 3.05) is 6.61 Å². The summed E-state index contributed by atoms with van der Waals surface area (Å²) in [4.78, 5) is 14.9. The predicted octanol–water partition coefficient (Wildman–Crippen LogP) is 4.13. The van der Waals surface area contributed by atoms with Crippen LogP contribution in [0.15, 0.2) is 54.9 Å². The standard InChI is InChI=1S/C22H22FN3O2/c1-3-25-12-19(11-24-25)22(27)26-13-18-9-17(16-5-4-6-20(23)10-16)7-8-21(18)28-14-15(26)2/h4-12,15H,3,13-14H2,1-2H3/t15-/m0/s1. The van der Waals surface area contributed by atoms with Gasteiger partial charge < -0.3 is 9.64 Å². The Hall–Kier alpha value is -3.15. The highest BCUT2D eigenvalue weighted by atomic mass is 19.1. The fourth-order valence-electron chi connectivity index (χ4n) is 3.42. The van der Waals surface area contributed by atoms with E-state index in [1.54, 1.807) is 28.0 Å². The molecule has 5 nitrogen and oxygen atoms in total. The number of carbonyl (C=O) groups is 1. The van der Waals surface area contributed by atoms with Gasteiger partial charge in [-0.15, -0.1) is 0 Å². The first-order chi connectivity index (χ1) is 13.5. The highest BCUT2D eigenvalue weighted by molar-refractivity contribution is 5.94. The van der Waals surface area contributed by atoms with Crippen LogP contribution in [0.1, 0.15) is 29.8 Å². The van der Waals surface area contributed by atoms with Crippen LogP contribution in [-0.4, -0.2) is 33.2 Å². The molecule has 0 saturated heterocycles. The van der Waals surface area contributed by atoms with E-state index in [0.29, 0.717) is 25.3 Å². The Labute approximate surface area is 163 Å². The highest BCUT2D eigenvalue weighted by Gasteiger charge is 2.27. The lowest BCUT2D eigenvalue weighted by molar-refractivity contribution is 0.0645. The second-order valence-corrected chi connectivity index (χ2v) is 7.01. The summed E-state index contributed by atoms with van der Waals surface area (Å²) in [6.45, 7) is 5.51. The Morgan fingerprint density at radius 3 is 2.82 bits per heavy atom. The van der Waals surface area contributed by atoms with E-state index in [2.05, 4.69) is 5.10 Å². The molecule has 1 aromatic heterocycles. The van der Waals surface area contributed by atoms with Crippen LogP contribution in [0, 0.1) is 5.82 Å². The number of hydrogen-bond donors (Lipinski definition) is 0. The predicted molar refractivity (Wildman–Crippen MR) is 105 cm³/mol. The molecule has 0 radical (unpaired) electrons. The summed E-state index contributed by atoms with van der Waals surface area (Å²) in [5, 5.41) is 4.21. The van der Waals surface area contributed by atoms with Crippen LogP contribution in [0.4, 0.5) is 4.39 Å². The molecule has 6 heteroatoms. The van der Waals surface area contributed by atoms with Gasteiger partial charge in [-0.25, -0.2) is 4.39 Å². The summed E-state index contributed by atoms with van der Waals surface area (Å²) in [6, 6.07) is 12.2. The zero-order valence-electron chi connectivity index (χ0n) is 15.9. The molecule has 1 atom stereocenters. The number of ether oxygens (including phenoxy) is 1.